The van der Waals surface area contributed by atoms with Gasteiger partial charge in [0.05, 0.1) is 19.1 Å². The average molecular weight is 370 g/mol. The number of carbonyl (C=O) groups is 2. The smallest absolute Gasteiger partial charge is 0.387 e. The molecule has 6 nitrogen and oxygen atoms in total. The van der Waals surface area contributed by atoms with E-state index >= 15 is 0 Å². The number of ether oxygens (including phenoxy) is 2. The van der Waals surface area contributed by atoms with Crippen molar-refractivity contribution in [2.24, 2.45) is 5.92 Å². The summed E-state index contributed by atoms with van der Waals surface area (Å²) in [6, 6.07) is 6.11. The summed E-state index contributed by atoms with van der Waals surface area (Å²) in [5.41, 5.74) is 0.781. The number of benzene rings is 1. The van der Waals surface area contributed by atoms with Crippen molar-refractivity contribution in [3.8, 4) is 5.75 Å². The zero-order chi connectivity index (χ0) is 18.9. The molecule has 26 heavy (non-hydrogen) atoms. The lowest BCUT2D eigenvalue weighted by Crippen LogP contribution is -2.44. The second kappa shape index (κ2) is 10.1. The molecule has 2 rings (SSSR count). The monoisotopic (exact) mass is 370 g/mol. The van der Waals surface area contributed by atoms with Gasteiger partial charge in [-0.05, 0) is 44.0 Å². The van der Waals surface area contributed by atoms with E-state index in [0.717, 1.165) is 24.9 Å². The Labute approximate surface area is 151 Å². The van der Waals surface area contributed by atoms with Gasteiger partial charge in [0.1, 0.15) is 5.75 Å². The molecule has 0 bridgehead atoms. The first-order valence-corrected chi connectivity index (χ1v) is 8.67. The van der Waals surface area contributed by atoms with E-state index in [1.165, 1.54) is 12.1 Å². The van der Waals surface area contributed by atoms with Crippen LogP contribution in [0.2, 0.25) is 0 Å². The standard InChI is InChI=1S/C18H24F2N2O4/c1-2-25-17(24)14-4-3-9-22(11-14)12-16(23)21-10-13-5-7-15(8-6-13)26-18(19)20/h5-8,14,18H,2-4,9-12H2,1H3,(H,21,23). The number of nitrogens with zero attached hydrogens (tertiary/aromatic N) is 1. The van der Waals surface area contributed by atoms with Crippen LogP contribution in [0.4, 0.5) is 8.78 Å². The molecule has 144 valence electrons. The summed E-state index contributed by atoms with van der Waals surface area (Å²) >= 11 is 0. The minimum Gasteiger partial charge on any atom is -0.466 e. The zero-order valence-corrected chi connectivity index (χ0v) is 14.7. The molecule has 1 aliphatic heterocycles. The number of nitrogens with one attached hydrogen (secondary N) is 1. The van der Waals surface area contributed by atoms with Crippen molar-refractivity contribution in [1.82, 2.24) is 10.2 Å². The Balaban J connectivity index is 1.75. The molecule has 1 unspecified atom stereocenters. The Bertz CT molecular complexity index is 595. The third-order valence-electron chi connectivity index (χ3n) is 4.13. The molecule has 1 fully saturated rings. The van der Waals surface area contributed by atoms with Crippen molar-refractivity contribution in [2.45, 2.75) is 32.9 Å². The van der Waals surface area contributed by atoms with Gasteiger partial charge >= 0.3 is 12.6 Å². The highest BCUT2D eigenvalue weighted by atomic mass is 19.3. The van der Waals surface area contributed by atoms with Gasteiger partial charge in [0, 0.05) is 13.1 Å². The molecule has 0 aromatic heterocycles. The first-order chi connectivity index (χ1) is 12.5. The number of esters is 1. The van der Waals surface area contributed by atoms with Gasteiger partial charge in [-0.2, -0.15) is 8.78 Å². The summed E-state index contributed by atoms with van der Waals surface area (Å²) in [5.74, 6) is -0.460. The minimum absolute atomic E-state index is 0.0772. The van der Waals surface area contributed by atoms with Crippen molar-refractivity contribution in [3.63, 3.8) is 0 Å². The fraction of sp³-hybridized carbons (Fsp3) is 0.556. The molecule has 1 heterocycles. The summed E-state index contributed by atoms with van der Waals surface area (Å²) in [4.78, 5) is 25.9. The van der Waals surface area contributed by atoms with Crippen LogP contribution in [0.25, 0.3) is 0 Å². The number of amides is 1. The van der Waals surface area contributed by atoms with Gasteiger partial charge in [-0.3, -0.25) is 14.5 Å². The number of rotatable bonds is 8. The summed E-state index contributed by atoms with van der Waals surface area (Å²) in [7, 11) is 0. The highest BCUT2D eigenvalue weighted by molar-refractivity contribution is 5.78. The topological polar surface area (TPSA) is 67.9 Å². The molecule has 8 heteroatoms. The van der Waals surface area contributed by atoms with E-state index in [-0.39, 0.29) is 30.1 Å². The van der Waals surface area contributed by atoms with E-state index in [1.807, 2.05) is 4.90 Å². The third-order valence-corrected chi connectivity index (χ3v) is 4.13. The Morgan fingerprint density at radius 1 is 1.31 bits per heavy atom. The van der Waals surface area contributed by atoms with Crippen molar-refractivity contribution < 1.29 is 27.8 Å². The van der Waals surface area contributed by atoms with E-state index in [9.17, 15) is 18.4 Å². The summed E-state index contributed by atoms with van der Waals surface area (Å²) in [6.07, 6.45) is 1.63. The number of hydrogen-bond acceptors (Lipinski definition) is 5. The SMILES string of the molecule is CCOC(=O)C1CCCN(CC(=O)NCc2ccc(OC(F)F)cc2)C1. The number of piperidine rings is 1. The molecule has 0 radical (unpaired) electrons. The Morgan fingerprint density at radius 3 is 2.69 bits per heavy atom. The van der Waals surface area contributed by atoms with E-state index in [4.69, 9.17) is 4.74 Å². The van der Waals surface area contributed by atoms with Gasteiger partial charge in [-0.1, -0.05) is 12.1 Å². The zero-order valence-electron chi connectivity index (χ0n) is 14.7. The lowest BCUT2D eigenvalue weighted by atomic mass is 9.98. The second-order valence-corrected chi connectivity index (χ2v) is 6.13. The second-order valence-electron chi connectivity index (χ2n) is 6.13. The fourth-order valence-corrected chi connectivity index (χ4v) is 2.90. The number of halogens is 2. The predicted octanol–water partition coefficient (Wildman–Crippen LogP) is 2.18. The van der Waals surface area contributed by atoms with Crippen molar-refractivity contribution >= 4 is 11.9 Å². The Hall–Kier alpha value is -2.22. The predicted molar refractivity (Wildman–Crippen MR) is 90.7 cm³/mol. The van der Waals surface area contributed by atoms with Crippen LogP contribution in [-0.4, -0.2) is 49.6 Å². The van der Waals surface area contributed by atoms with Crippen molar-refractivity contribution in [3.05, 3.63) is 29.8 Å². The molecule has 1 N–H and O–H groups in total. The molecular formula is C18H24F2N2O4. The maximum atomic E-state index is 12.1. The Morgan fingerprint density at radius 2 is 2.04 bits per heavy atom. The van der Waals surface area contributed by atoms with E-state index in [2.05, 4.69) is 10.1 Å². The number of hydrogen-bond donors (Lipinski definition) is 1. The third kappa shape index (κ3) is 6.59. The number of likely N-dealkylation sites (tertiary alicyclic amines) is 1. The number of carbonyl (C=O) groups excluding carboxylic acids is 2. The van der Waals surface area contributed by atoms with Gasteiger partial charge in [0.2, 0.25) is 5.91 Å². The van der Waals surface area contributed by atoms with Crippen LogP contribution in [0.5, 0.6) is 5.75 Å². The van der Waals surface area contributed by atoms with Gasteiger partial charge < -0.3 is 14.8 Å². The van der Waals surface area contributed by atoms with Crippen molar-refractivity contribution in [1.29, 1.82) is 0 Å². The summed E-state index contributed by atoms with van der Waals surface area (Å²) in [6.45, 7) is 1.07. The summed E-state index contributed by atoms with van der Waals surface area (Å²) < 4.78 is 33.5. The fourth-order valence-electron chi connectivity index (χ4n) is 2.90. The first kappa shape index (κ1) is 20.1. The van der Waals surface area contributed by atoms with E-state index in [0.29, 0.717) is 19.7 Å². The molecule has 1 aliphatic rings. The molecule has 1 aromatic rings. The minimum atomic E-state index is -2.86. The van der Waals surface area contributed by atoms with Crippen LogP contribution in [0.15, 0.2) is 24.3 Å². The highest BCUT2D eigenvalue weighted by Crippen LogP contribution is 2.18. The molecular weight excluding hydrogens is 346 g/mol. The maximum Gasteiger partial charge on any atom is 0.387 e. The highest BCUT2D eigenvalue weighted by Gasteiger charge is 2.27. The molecule has 0 spiro atoms. The van der Waals surface area contributed by atoms with Crippen molar-refractivity contribution in [2.75, 3.05) is 26.2 Å². The lowest BCUT2D eigenvalue weighted by Gasteiger charge is -2.30. The molecule has 1 aromatic carbocycles. The molecule has 1 atom stereocenters. The summed E-state index contributed by atoms with van der Waals surface area (Å²) in [5, 5.41) is 2.79. The largest absolute Gasteiger partial charge is 0.466 e. The van der Waals surface area contributed by atoms with Gasteiger partial charge in [-0.25, -0.2) is 0 Å². The van der Waals surface area contributed by atoms with Gasteiger partial charge in [-0.15, -0.1) is 0 Å². The van der Waals surface area contributed by atoms with Crippen LogP contribution >= 0.6 is 0 Å². The van der Waals surface area contributed by atoms with Crippen LogP contribution in [-0.2, 0) is 20.9 Å². The van der Waals surface area contributed by atoms with E-state index < -0.39 is 6.61 Å². The Kier molecular flexibility index (Phi) is 7.77. The molecule has 1 saturated heterocycles. The maximum absolute atomic E-state index is 12.1. The van der Waals surface area contributed by atoms with Crippen LogP contribution in [0.3, 0.4) is 0 Å². The molecule has 0 saturated carbocycles. The van der Waals surface area contributed by atoms with Gasteiger partial charge in [0.25, 0.3) is 0 Å². The quantitative estimate of drug-likeness (QED) is 0.711. The lowest BCUT2D eigenvalue weighted by molar-refractivity contribution is -0.150. The van der Waals surface area contributed by atoms with E-state index in [1.54, 1.807) is 19.1 Å². The van der Waals surface area contributed by atoms with Crippen LogP contribution in [0, 0.1) is 5.92 Å². The van der Waals surface area contributed by atoms with Gasteiger partial charge in [0.15, 0.2) is 0 Å². The molecule has 0 aliphatic carbocycles. The van der Waals surface area contributed by atoms with Crippen LogP contribution < -0.4 is 10.1 Å². The molecule has 1 amide bonds. The number of alkyl halides is 2. The average Bonchev–Trinajstić information content (AvgIpc) is 2.61. The normalized spacial score (nSPS) is 17.8. The first-order valence-electron chi connectivity index (χ1n) is 8.67. The van der Waals surface area contributed by atoms with Crippen LogP contribution in [0.1, 0.15) is 25.3 Å².